The van der Waals surface area contributed by atoms with Gasteiger partial charge in [0.15, 0.2) is 5.13 Å². The summed E-state index contributed by atoms with van der Waals surface area (Å²) in [7, 11) is 1.60. The van der Waals surface area contributed by atoms with E-state index >= 15 is 0 Å². The molecule has 4 aromatic rings. The monoisotopic (exact) mass is 516 g/mol. The van der Waals surface area contributed by atoms with Crippen molar-refractivity contribution in [3.05, 3.63) is 81.1 Å². The highest BCUT2D eigenvalue weighted by atomic mass is 35.5. The number of thiazole rings is 1. The molecule has 0 aliphatic carbocycles. The van der Waals surface area contributed by atoms with E-state index in [4.69, 9.17) is 27.6 Å². The third-order valence-corrected chi connectivity index (χ3v) is 6.13. The number of carbonyl (C=O) groups excluding carboxylic acids is 2. The molecule has 2 aromatic heterocycles. The Hall–Kier alpha value is -3.47. The minimum absolute atomic E-state index is 0.114. The van der Waals surface area contributed by atoms with Crippen molar-refractivity contribution >= 4 is 51.6 Å². The molecule has 0 atom stereocenters. The molecule has 174 valence electrons. The molecule has 34 heavy (non-hydrogen) atoms. The fourth-order valence-electron chi connectivity index (χ4n) is 2.90. The molecule has 0 saturated carbocycles. The van der Waals surface area contributed by atoms with E-state index in [9.17, 15) is 9.59 Å². The predicted molar refractivity (Wildman–Crippen MR) is 130 cm³/mol. The van der Waals surface area contributed by atoms with Crippen LogP contribution in [0.25, 0.3) is 11.5 Å². The second-order valence-electron chi connectivity index (χ2n) is 7.14. The van der Waals surface area contributed by atoms with Crippen molar-refractivity contribution in [1.82, 2.24) is 25.4 Å². The van der Waals surface area contributed by atoms with Gasteiger partial charge in [-0.15, -0.1) is 21.5 Å². The number of nitrogens with one attached hydrogen (secondary N) is 2. The van der Waals surface area contributed by atoms with Gasteiger partial charge in [0.25, 0.3) is 0 Å². The van der Waals surface area contributed by atoms with Crippen LogP contribution in [0, 0.1) is 0 Å². The highest BCUT2D eigenvalue weighted by molar-refractivity contribution is 7.13. The lowest BCUT2D eigenvalue weighted by molar-refractivity contribution is 0.0744. The van der Waals surface area contributed by atoms with E-state index in [0.717, 1.165) is 11.1 Å². The van der Waals surface area contributed by atoms with E-state index in [1.807, 2.05) is 30.3 Å². The van der Waals surface area contributed by atoms with Gasteiger partial charge >= 0.3 is 17.8 Å². The van der Waals surface area contributed by atoms with Gasteiger partial charge in [-0.25, -0.2) is 9.78 Å². The molecule has 2 aromatic carbocycles. The van der Waals surface area contributed by atoms with Crippen molar-refractivity contribution in [2.24, 2.45) is 0 Å². The molecule has 12 heteroatoms. The minimum atomic E-state index is -0.434. The molecule has 0 unspecified atom stereocenters. The summed E-state index contributed by atoms with van der Waals surface area (Å²) < 4.78 is 5.51. The molecule has 2 N–H and O–H groups in total. The van der Waals surface area contributed by atoms with Crippen LogP contribution in [-0.2, 0) is 13.1 Å². The van der Waals surface area contributed by atoms with E-state index < -0.39 is 11.9 Å². The summed E-state index contributed by atoms with van der Waals surface area (Å²) >= 11 is 13.1. The molecule has 0 aliphatic rings. The first-order valence-corrected chi connectivity index (χ1v) is 11.6. The highest BCUT2D eigenvalue weighted by Gasteiger charge is 2.21. The Morgan fingerprint density at radius 2 is 1.88 bits per heavy atom. The van der Waals surface area contributed by atoms with Crippen LogP contribution in [0.5, 0.6) is 0 Å². The number of halogens is 2. The van der Waals surface area contributed by atoms with Crippen LogP contribution >= 0.6 is 34.5 Å². The Morgan fingerprint density at radius 1 is 1.09 bits per heavy atom. The van der Waals surface area contributed by atoms with Gasteiger partial charge in [0.2, 0.25) is 5.89 Å². The summed E-state index contributed by atoms with van der Waals surface area (Å²) in [5.41, 5.74) is 2.13. The molecule has 9 nitrogen and oxygen atoms in total. The largest absolute Gasteiger partial charge is 0.412 e. The van der Waals surface area contributed by atoms with E-state index in [1.54, 1.807) is 30.6 Å². The first kappa shape index (κ1) is 23.7. The van der Waals surface area contributed by atoms with E-state index in [2.05, 4.69) is 25.8 Å². The Balaban J connectivity index is 1.29. The van der Waals surface area contributed by atoms with Crippen LogP contribution in [0.2, 0.25) is 10.0 Å². The maximum Gasteiger partial charge on any atom is 0.321 e. The maximum absolute atomic E-state index is 12.7. The summed E-state index contributed by atoms with van der Waals surface area (Å²) in [4.78, 5) is 30.6. The zero-order valence-corrected chi connectivity index (χ0v) is 20.1. The number of urea groups is 1. The number of anilines is 1. The van der Waals surface area contributed by atoms with Crippen molar-refractivity contribution in [2.45, 2.75) is 13.1 Å². The smallest absolute Gasteiger partial charge is 0.321 e. The molecule has 0 spiro atoms. The van der Waals surface area contributed by atoms with Crippen LogP contribution in [0.4, 0.5) is 9.93 Å². The number of hydrogen-bond donors (Lipinski definition) is 2. The normalized spacial score (nSPS) is 10.7. The standard InChI is InChI=1S/C22H18Cl2N6O3S/c1-30(20(31)19-29-28-18(33-19)14-5-3-2-4-6-14)11-15-12-34-22(26-15)27-21(32)25-10-13-7-8-16(23)17(24)9-13/h2-9,12H,10-11H2,1H3,(H2,25,26,27,32). The van der Waals surface area contributed by atoms with Crippen molar-refractivity contribution in [2.75, 3.05) is 12.4 Å². The lowest BCUT2D eigenvalue weighted by Crippen LogP contribution is -2.28. The van der Waals surface area contributed by atoms with Crippen LogP contribution < -0.4 is 10.6 Å². The van der Waals surface area contributed by atoms with Gasteiger partial charge in [-0.3, -0.25) is 10.1 Å². The third-order valence-electron chi connectivity index (χ3n) is 4.58. The molecule has 0 aliphatic heterocycles. The van der Waals surface area contributed by atoms with Crippen LogP contribution in [0.1, 0.15) is 21.9 Å². The Labute approximate surface area is 208 Å². The third kappa shape index (κ3) is 5.90. The average Bonchev–Trinajstić information content (AvgIpc) is 3.50. The molecule has 0 bridgehead atoms. The van der Waals surface area contributed by atoms with Crippen LogP contribution in [0.15, 0.2) is 58.3 Å². The van der Waals surface area contributed by atoms with E-state index in [-0.39, 0.29) is 24.9 Å². The number of amides is 3. The Bertz CT molecular complexity index is 1310. The number of benzene rings is 2. The fraction of sp³-hybridized carbons (Fsp3) is 0.136. The van der Waals surface area contributed by atoms with Gasteiger partial charge in [0.1, 0.15) is 0 Å². The summed E-state index contributed by atoms with van der Waals surface area (Å²) in [5.74, 6) is -0.280. The molecule has 2 heterocycles. The number of hydrogen-bond acceptors (Lipinski definition) is 7. The van der Waals surface area contributed by atoms with Crippen molar-refractivity contribution in [1.29, 1.82) is 0 Å². The number of nitrogens with zero attached hydrogens (tertiary/aromatic N) is 4. The highest BCUT2D eigenvalue weighted by Crippen LogP contribution is 2.23. The Morgan fingerprint density at radius 3 is 2.65 bits per heavy atom. The SMILES string of the molecule is CN(Cc1csc(NC(=O)NCc2ccc(Cl)c(Cl)c2)n1)C(=O)c1nnc(-c2ccccc2)o1. The molecule has 0 radical (unpaired) electrons. The van der Waals surface area contributed by atoms with Crippen molar-refractivity contribution in [3.8, 4) is 11.5 Å². The molecule has 0 fully saturated rings. The van der Waals surface area contributed by atoms with Gasteiger partial charge in [-0.2, -0.15) is 0 Å². The maximum atomic E-state index is 12.7. The zero-order chi connectivity index (χ0) is 24.1. The molecular weight excluding hydrogens is 499 g/mol. The average molecular weight is 517 g/mol. The second kappa shape index (κ2) is 10.6. The van der Waals surface area contributed by atoms with Gasteiger partial charge in [0, 0.05) is 24.5 Å². The second-order valence-corrected chi connectivity index (χ2v) is 8.81. The van der Waals surface area contributed by atoms with Crippen LogP contribution in [0.3, 0.4) is 0 Å². The minimum Gasteiger partial charge on any atom is -0.412 e. The summed E-state index contributed by atoms with van der Waals surface area (Å²) in [6, 6.07) is 13.9. The molecule has 0 saturated heterocycles. The first-order valence-electron chi connectivity index (χ1n) is 9.96. The first-order chi connectivity index (χ1) is 16.4. The van der Waals surface area contributed by atoms with E-state index in [1.165, 1.54) is 16.2 Å². The summed E-state index contributed by atoms with van der Waals surface area (Å²) in [6.45, 7) is 0.471. The lowest BCUT2D eigenvalue weighted by Gasteiger charge is -2.12. The van der Waals surface area contributed by atoms with Gasteiger partial charge in [-0.1, -0.05) is 47.5 Å². The van der Waals surface area contributed by atoms with Gasteiger partial charge in [-0.05, 0) is 29.8 Å². The van der Waals surface area contributed by atoms with Crippen molar-refractivity contribution in [3.63, 3.8) is 0 Å². The predicted octanol–water partition coefficient (Wildman–Crippen LogP) is 5.09. The lowest BCUT2D eigenvalue weighted by atomic mass is 10.2. The zero-order valence-electron chi connectivity index (χ0n) is 17.8. The molecule has 4 rings (SSSR count). The topological polar surface area (TPSA) is 113 Å². The van der Waals surface area contributed by atoms with Crippen LogP contribution in [-0.4, -0.2) is 39.1 Å². The number of aromatic nitrogens is 3. The summed E-state index contributed by atoms with van der Waals surface area (Å²) in [6.07, 6.45) is 0. The fourth-order valence-corrected chi connectivity index (χ4v) is 3.91. The number of carbonyl (C=O) groups is 2. The molecule has 3 amide bonds. The quantitative estimate of drug-likeness (QED) is 0.353. The molecular formula is C22H18Cl2N6O3S. The van der Waals surface area contributed by atoms with E-state index in [0.29, 0.717) is 20.9 Å². The van der Waals surface area contributed by atoms with Crippen molar-refractivity contribution < 1.29 is 14.0 Å². The van der Waals surface area contributed by atoms with Gasteiger partial charge in [0.05, 0.1) is 22.3 Å². The van der Waals surface area contributed by atoms with Gasteiger partial charge < -0.3 is 14.6 Å². The summed E-state index contributed by atoms with van der Waals surface area (Å²) in [5, 5.41) is 16.2. The number of rotatable bonds is 7. The Kier molecular flexibility index (Phi) is 7.41.